The fourth-order valence-corrected chi connectivity index (χ4v) is 2.06. The third kappa shape index (κ3) is 8.41. The molecule has 0 heterocycles. The van der Waals surface area contributed by atoms with Crippen LogP contribution in [0, 0.1) is 5.92 Å². The van der Waals surface area contributed by atoms with Gasteiger partial charge in [0.25, 0.3) is 0 Å². The normalized spacial score (nSPS) is 12.3. The Hall–Kier alpha value is -2.24. The summed E-state index contributed by atoms with van der Waals surface area (Å²) in [6, 6.07) is 6.47. The van der Waals surface area contributed by atoms with Crippen LogP contribution in [0.1, 0.15) is 47.0 Å². The lowest BCUT2D eigenvalue weighted by Gasteiger charge is -2.19. The average molecular weight is 336 g/mol. The highest BCUT2D eigenvalue weighted by molar-refractivity contribution is 5.92. The van der Waals surface area contributed by atoms with Crippen molar-refractivity contribution in [3.05, 3.63) is 24.3 Å². The van der Waals surface area contributed by atoms with Crippen molar-refractivity contribution in [2.45, 2.75) is 52.6 Å². The second-order valence-electron chi connectivity index (χ2n) is 6.87. The third-order valence-electron chi connectivity index (χ3n) is 3.29. The van der Waals surface area contributed by atoms with Gasteiger partial charge in [-0.15, -0.1) is 0 Å². The largest absolute Gasteiger partial charge is 0.508 e. The van der Waals surface area contributed by atoms with E-state index in [1.54, 1.807) is 18.2 Å². The summed E-state index contributed by atoms with van der Waals surface area (Å²) in [5.74, 6) is -0.108. The second kappa shape index (κ2) is 9.15. The number of anilines is 1. The van der Waals surface area contributed by atoms with Gasteiger partial charge in [-0.3, -0.25) is 4.79 Å². The molecule has 24 heavy (non-hydrogen) atoms. The first-order chi connectivity index (χ1) is 11.2. The zero-order valence-electron chi connectivity index (χ0n) is 14.9. The van der Waals surface area contributed by atoms with Crippen molar-refractivity contribution in [3.63, 3.8) is 0 Å². The van der Waals surface area contributed by atoms with E-state index in [-0.39, 0.29) is 17.6 Å². The zero-order chi connectivity index (χ0) is 18.2. The van der Waals surface area contributed by atoms with Crippen LogP contribution >= 0.6 is 0 Å². The number of hydrogen-bond donors (Lipinski definition) is 3. The number of aromatic hydroxyl groups is 1. The van der Waals surface area contributed by atoms with Gasteiger partial charge in [0, 0.05) is 24.2 Å². The number of alkyl carbamates (subject to hydrolysis) is 1. The van der Waals surface area contributed by atoms with Gasteiger partial charge in [0.05, 0.1) is 0 Å². The number of unbranched alkanes of at least 4 members (excludes halogenated alkanes) is 1. The van der Waals surface area contributed by atoms with Crippen LogP contribution in [0.2, 0.25) is 0 Å². The lowest BCUT2D eigenvalue weighted by Crippen LogP contribution is -2.33. The van der Waals surface area contributed by atoms with Crippen LogP contribution in [-0.2, 0) is 9.53 Å². The fourth-order valence-electron chi connectivity index (χ4n) is 2.06. The van der Waals surface area contributed by atoms with E-state index in [4.69, 9.17) is 4.74 Å². The lowest BCUT2D eigenvalue weighted by molar-refractivity contribution is -0.119. The Kier molecular flexibility index (Phi) is 7.55. The molecule has 3 N–H and O–H groups in total. The quantitative estimate of drug-likeness (QED) is 0.663. The van der Waals surface area contributed by atoms with Crippen molar-refractivity contribution in [2.75, 3.05) is 11.9 Å². The predicted molar refractivity (Wildman–Crippen MR) is 94.0 cm³/mol. The molecule has 0 aliphatic carbocycles. The van der Waals surface area contributed by atoms with Gasteiger partial charge in [-0.05, 0) is 45.7 Å². The molecule has 6 nitrogen and oxygen atoms in total. The monoisotopic (exact) mass is 336 g/mol. The highest BCUT2D eigenvalue weighted by Crippen LogP contribution is 2.17. The first-order valence-corrected chi connectivity index (χ1v) is 8.24. The summed E-state index contributed by atoms with van der Waals surface area (Å²) in [6.07, 6.45) is 1.91. The molecule has 0 fully saturated rings. The minimum Gasteiger partial charge on any atom is -0.508 e. The van der Waals surface area contributed by atoms with Gasteiger partial charge in [0.1, 0.15) is 11.4 Å². The van der Waals surface area contributed by atoms with E-state index in [1.165, 1.54) is 6.07 Å². The predicted octanol–water partition coefficient (Wildman–Crippen LogP) is 3.66. The van der Waals surface area contributed by atoms with Crippen LogP contribution < -0.4 is 10.6 Å². The minimum atomic E-state index is -0.497. The van der Waals surface area contributed by atoms with E-state index in [1.807, 2.05) is 27.7 Å². The van der Waals surface area contributed by atoms with E-state index in [9.17, 15) is 14.7 Å². The molecule has 0 radical (unpaired) electrons. The number of rotatable bonds is 7. The molecule has 134 valence electrons. The van der Waals surface area contributed by atoms with Gasteiger partial charge < -0.3 is 20.5 Å². The van der Waals surface area contributed by atoms with Crippen LogP contribution in [0.3, 0.4) is 0 Å². The number of carbonyl (C=O) groups excluding carboxylic acids is 2. The van der Waals surface area contributed by atoms with Gasteiger partial charge in [-0.25, -0.2) is 4.79 Å². The Morgan fingerprint density at radius 1 is 1.25 bits per heavy atom. The molecule has 0 aromatic heterocycles. The summed E-state index contributed by atoms with van der Waals surface area (Å²) in [5, 5.41) is 14.9. The maximum absolute atomic E-state index is 12.1. The summed E-state index contributed by atoms with van der Waals surface area (Å²) in [5.41, 5.74) is 0.0844. The van der Waals surface area contributed by atoms with E-state index < -0.39 is 11.7 Å². The Morgan fingerprint density at radius 2 is 1.96 bits per heavy atom. The summed E-state index contributed by atoms with van der Waals surface area (Å²) >= 11 is 0. The molecule has 0 aliphatic rings. The maximum atomic E-state index is 12.1. The number of carbonyl (C=O) groups is 2. The van der Waals surface area contributed by atoms with E-state index in [0.29, 0.717) is 12.2 Å². The molecule has 0 saturated heterocycles. The Balaban J connectivity index is 2.20. The van der Waals surface area contributed by atoms with E-state index in [2.05, 4.69) is 10.6 Å². The topological polar surface area (TPSA) is 87.7 Å². The molecule has 2 amide bonds. The Morgan fingerprint density at radius 3 is 2.58 bits per heavy atom. The molecule has 1 rings (SSSR count). The molecule has 0 bridgehead atoms. The van der Waals surface area contributed by atoms with Crippen molar-refractivity contribution in [3.8, 4) is 5.75 Å². The van der Waals surface area contributed by atoms with E-state index in [0.717, 1.165) is 19.3 Å². The van der Waals surface area contributed by atoms with Gasteiger partial charge in [0.15, 0.2) is 0 Å². The maximum Gasteiger partial charge on any atom is 0.407 e. The molecule has 0 spiro atoms. The molecular formula is C18H28N2O4. The zero-order valence-corrected chi connectivity index (χ0v) is 14.9. The standard InChI is InChI=1S/C18H28N2O4/c1-13(16(22)20-14-9-7-10-15(21)12-14)8-5-6-11-19-17(23)24-18(2,3)4/h7,9-10,12-13,21H,5-6,8,11H2,1-4H3,(H,19,23)(H,20,22). The number of phenolic OH excluding ortho intramolecular Hbond substituents is 1. The summed E-state index contributed by atoms with van der Waals surface area (Å²) in [7, 11) is 0. The third-order valence-corrected chi connectivity index (χ3v) is 3.29. The molecule has 1 aromatic carbocycles. The van der Waals surface area contributed by atoms with Crippen molar-refractivity contribution in [1.29, 1.82) is 0 Å². The van der Waals surface area contributed by atoms with Gasteiger partial charge in [-0.2, -0.15) is 0 Å². The number of hydrogen-bond acceptors (Lipinski definition) is 4. The molecular weight excluding hydrogens is 308 g/mol. The SMILES string of the molecule is CC(CCCCNC(=O)OC(C)(C)C)C(=O)Nc1cccc(O)c1. The Bertz CT molecular complexity index is 552. The first-order valence-electron chi connectivity index (χ1n) is 8.24. The van der Waals surface area contributed by atoms with Crippen LogP contribution in [0.15, 0.2) is 24.3 Å². The van der Waals surface area contributed by atoms with Crippen LogP contribution in [0.4, 0.5) is 10.5 Å². The molecule has 0 saturated carbocycles. The lowest BCUT2D eigenvalue weighted by atomic mass is 10.0. The van der Waals surface area contributed by atoms with Gasteiger partial charge >= 0.3 is 6.09 Å². The molecule has 0 aliphatic heterocycles. The van der Waals surface area contributed by atoms with Crippen LogP contribution in [0.5, 0.6) is 5.75 Å². The van der Waals surface area contributed by atoms with Crippen molar-refractivity contribution >= 4 is 17.7 Å². The summed E-state index contributed by atoms with van der Waals surface area (Å²) in [4.78, 5) is 23.5. The average Bonchev–Trinajstić information content (AvgIpc) is 2.44. The molecule has 1 unspecified atom stereocenters. The first kappa shape index (κ1) is 19.8. The summed E-state index contributed by atoms with van der Waals surface area (Å²) in [6.45, 7) is 7.84. The van der Waals surface area contributed by atoms with Crippen LogP contribution in [-0.4, -0.2) is 29.3 Å². The number of amides is 2. The van der Waals surface area contributed by atoms with Gasteiger partial charge in [-0.1, -0.05) is 19.4 Å². The molecule has 1 aromatic rings. The highest BCUT2D eigenvalue weighted by Gasteiger charge is 2.16. The fraction of sp³-hybridized carbons (Fsp3) is 0.556. The minimum absolute atomic E-state index is 0.0827. The molecule has 1 atom stereocenters. The molecule has 6 heteroatoms. The van der Waals surface area contributed by atoms with Gasteiger partial charge in [0.2, 0.25) is 5.91 Å². The smallest absolute Gasteiger partial charge is 0.407 e. The van der Waals surface area contributed by atoms with Crippen molar-refractivity contribution in [1.82, 2.24) is 5.32 Å². The number of nitrogens with one attached hydrogen (secondary N) is 2. The number of phenols is 1. The van der Waals surface area contributed by atoms with Crippen molar-refractivity contribution < 1.29 is 19.4 Å². The highest BCUT2D eigenvalue weighted by atomic mass is 16.6. The van der Waals surface area contributed by atoms with E-state index >= 15 is 0 Å². The summed E-state index contributed by atoms with van der Waals surface area (Å²) < 4.78 is 5.15. The van der Waals surface area contributed by atoms with Crippen LogP contribution in [0.25, 0.3) is 0 Å². The van der Waals surface area contributed by atoms with Crippen molar-refractivity contribution in [2.24, 2.45) is 5.92 Å². The number of benzene rings is 1. The number of ether oxygens (including phenoxy) is 1. The second-order valence-corrected chi connectivity index (χ2v) is 6.87. The Labute approximate surface area is 143 Å².